The Balaban J connectivity index is 2.23. The van der Waals surface area contributed by atoms with E-state index in [-0.39, 0.29) is 0 Å². The first-order valence-corrected chi connectivity index (χ1v) is 5.44. The van der Waals surface area contributed by atoms with Crippen molar-refractivity contribution < 1.29 is 0 Å². The third-order valence-corrected chi connectivity index (χ3v) is 3.39. The lowest BCUT2D eigenvalue weighted by molar-refractivity contribution is 0.539. The Bertz CT molecular complexity index is 140. The molecule has 2 atom stereocenters. The summed E-state index contributed by atoms with van der Waals surface area (Å²) < 4.78 is 0. The van der Waals surface area contributed by atoms with Crippen molar-refractivity contribution in [3.8, 4) is 0 Å². The molecule has 0 aromatic carbocycles. The second kappa shape index (κ2) is 4.30. The van der Waals surface area contributed by atoms with Gasteiger partial charge in [-0.2, -0.15) is 0 Å². The maximum atomic E-state index is 4.05. The van der Waals surface area contributed by atoms with Crippen LogP contribution in [0.3, 0.4) is 0 Å². The van der Waals surface area contributed by atoms with Gasteiger partial charge in [-0.1, -0.05) is 35.0 Å². The smallest absolute Gasteiger partial charge is 0.0148 e. The third kappa shape index (κ3) is 2.98. The summed E-state index contributed by atoms with van der Waals surface area (Å²) in [6, 6.07) is 0. The van der Waals surface area contributed by atoms with Crippen molar-refractivity contribution in [2.75, 3.05) is 0 Å². The van der Waals surface area contributed by atoms with E-state index in [9.17, 15) is 0 Å². The fraction of sp³-hybridized carbons (Fsp3) is 0.800. The van der Waals surface area contributed by atoms with Gasteiger partial charge in [-0.3, -0.25) is 0 Å². The van der Waals surface area contributed by atoms with Crippen LogP contribution in [-0.4, -0.2) is 4.83 Å². The summed E-state index contributed by atoms with van der Waals surface area (Å²) in [7, 11) is 0. The first-order chi connectivity index (χ1) is 5.22. The zero-order chi connectivity index (χ0) is 8.27. The fourth-order valence-corrected chi connectivity index (χ4v) is 2.54. The second-order valence-corrected chi connectivity index (χ2v) is 4.88. The van der Waals surface area contributed by atoms with Crippen molar-refractivity contribution in [3.05, 3.63) is 12.2 Å². The normalized spacial score (nSPS) is 30.7. The van der Waals surface area contributed by atoms with Gasteiger partial charge in [0, 0.05) is 4.83 Å². The van der Waals surface area contributed by atoms with E-state index >= 15 is 0 Å². The molecule has 0 aromatic heterocycles. The van der Waals surface area contributed by atoms with Crippen LogP contribution >= 0.6 is 15.9 Å². The minimum Gasteiger partial charge on any atom is -0.0999 e. The highest BCUT2D eigenvalue weighted by Gasteiger charge is 2.22. The van der Waals surface area contributed by atoms with E-state index in [1.165, 1.54) is 31.3 Å². The average Bonchev–Trinajstić information content (AvgIpc) is 2.35. The van der Waals surface area contributed by atoms with E-state index in [0.717, 1.165) is 17.2 Å². The Morgan fingerprint density at radius 2 is 2.27 bits per heavy atom. The van der Waals surface area contributed by atoms with E-state index in [1.54, 1.807) is 0 Å². The van der Waals surface area contributed by atoms with Gasteiger partial charge in [0.25, 0.3) is 0 Å². The second-order valence-electron chi connectivity index (χ2n) is 3.58. The number of hydrogen-bond donors (Lipinski definition) is 0. The molecule has 0 saturated heterocycles. The lowest BCUT2D eigenvalue weighted by Crippen LogP contribution is -1.96. The van der Waals surface area contributed by atoms with Crippen molar-refractivity contribution in [2.45, 2.75) is 43.9 Å². The molecule has 0 nitrogen and oxygen atoms in total. The summed E-state index contributed by atoms with van der Waals surface area (Å²) in [6.45, 7) is 6.24. The molecule has 11 heavy (non-hydrogen) atoms. The Kier molecular flexibility index (Phi) is 3.64. The van der Waals surface area contributed by atoms with Crippen LogP contribution in [0.2, 0.25) is 0 Å². The highest BCUT2D eigenvalue weighted by atomic mass is 79.9. The number of alkyl halides is 1. The lowest BCUT2D eigenvalue weighted by atomic mass is 9.98. The van der Waals surface area contributed by atoms with E-state index in [0.29, 0.717) is 0 Å². The highest BCUT2D eigenvalue weighted by molar-refractivity contribution is 9.09. The molecule has 1 fully saturated rings. The van der Waals surface area contributed by atoms with Gasteiger partial charge in [-0.05, 0) is 38.0 Å². The lowest BCUT2D eigenvalue weighted by Gasteiger charge is -2.09. The van der Waals surface area contributed by atoms with E-state index < -0.39 is 0 Å². The summed E-state index contributed by atoms with van der Waals surface area (Å²) in [5.41, 5.74) is 1.43. The zero-order valence-electron chi connectivity index (χ0n) is 7.28. The number of allylic oxidation sites excluding steroid dienone is 1. The molecule has 0 aromatic rings. The van der Waals surface area contributed by atoms with Crippen LogP contribution in [0.25, 0.3) is 0 Å². The molecular formula is C10H17Br. The van der Waals surface area contributed by atoms with Crippen molar-refractivity contribution in [1.82, 2.24) is 0 Å². The molecule has 0 spiro atoms. The van der Waals surface area contributed by atoms with Crippen molar-refractivity contribution in [1.29, 1.82) is 0 Å². The Labute approximate surface area is 78.2 Å². The Hall–Kier alpha value is 0.220. The quantitative estimate of drug-likeness (QED) is 0.496. The van der Waals surface area contributed by atoms with Crippen LogP contribution in [0.1, 0.15) is 39.0 Å². The molecule has 1 aliphatic carbocycles. The summed E-state index contributed by atoms with van der Waals surface area (Å²) in [6.07, 6.45) is 6.54. The largest absolute Gasteiger partial charge is 0.0999 e. The van der Waals surface area contributed by atoms with Gasteiger partial charge >= 0.3 is 0 Å². The van der Waals surface area contributed by atoms with Crippen molar-refractivity contribution in [3.63, 3.8) is 0 Å². The van der Waals surface area contributed by atoms with Crippen LogP contribution < -0.4 is 0 Å². The summed E-state index contributed by atoms with van der Waals surface area (Å²) >= 11 is 3.66. The highest BCUT2D eigenvalue weighted by Crippen LogP contribution is 2.34. The molecule has 0 aliphatic heterocycles. The average molecular weight is 217 g/mol. The Morgan fingerprint density at radius 1 is 1.55 bits per heavy atom. The van der Waals surface area contributed by atoms with Crippen LogP contribution in [0.5, 0.6) is 0 Å². The van der Waals surface area contributed by atoms with Crippen LogP contribution in [-0.2, 0) is 0 Å². The van der Waals surface area contributed by atoms with Gasteiger partial charge in [0.2, 0.25) is 0 Å². The fourth-order valence-electron chi connectivity index (χ4n) is 1.75. The number of hydrogen-bond acceptors (Lipinski definition) is 0. The predicted molar refractivity (Wildman–Crippen MR) is 54.1 cm³/mol. The van der Waals surface area contributed by atoms with Crippen LogP contribution in [0, 0.1) is 5.92 Å². The molecule has 1 saturated carbocycles. The first kappa shape index (κ1) is 9.31. The van der Waals surface area contributed by atoms with Gasteiger partial charge in [0.05, 0.1) is 0 Å². The minimum absolute atomic E-state index is 0.789. The molecule has 1 aliphatic rings. The standard InChI is InChI=1S/C10H17Br/c1-3-8(2)6-9-4-5-10(11)7-9/h9-10H,2-7H2,1H3. The molecule has 0 amide bonds. The predicted octanol–water partition coefficient (Wildman–Crippen LogP) is 3.91. The van der Waals surface area contributed by atoms with E-state index in [4.69, 9.17) is 0 Å². The SMILES string of the molecule is C=C(CC)CC1CCC(Br)C1. The van der Waals surface area contributed by atoms with Gasteiger partial charge in [-0.15, -0.1) is 0 Å². The first-order valence-electron chi connectivity index (χ1n) is 4.53. The van der Waals surface area contributed by atoms with Crippen molar-refractivity contribution >= 4 is 15.9 Å². The molecule has 2 unspecified atom stereocenters. The van der Waals surface area contributed by atoms with Crippen LogP contribution in [0.4, 0.5) is 0 Å². The maximum absolute atomic E-state index is 4.05. The monoisotopic (exact) mass is 216 g/mol. The molecule has 1 heteroatoms. The van der Waals surface area contributed by atoms with Gasteiger partial charge in [-0.25, -0.2) is 0 Å². The topological polar surface area (TPSA) is 0 Å². The third-order valence-electron chi connectivity index (χ3n) is 2.55. The summed E-state index contributed by atoms with van der Waals surface area (Å²) in [5.74, 6) is 0.923. The molecule has 0 N–H and O–H groups in total. The minimum atomic E-state index is 0.789. The van der Waals surface area contributed by atoms with Gasteiger partial charge in [0.15, 0.2) is 0 Å². The summed E-state index contributed by atoms with van der Waals surface area (Å²) in [4.78, 5) is 0.789. The molecule has 0 heterocycles. The maximum Gasteiger partial charge on any atom is 0.0148 e. The zero-order valence-corrected chi connectivity index (χ0v) is 8.86. The molecule has 64 valence electrons. The van der Waals surface area contributed by atoms with Crippen LogP contribution in [0.15, 0.2) is 12.2 Å². The number of rotatable bonds is 3. The Morgan fingerprint density at radius 3 is 2.73 bits per heavy atom. The number of halogens is 1. The summed E-state index contributed by atoms with van der Waals surface area (Å²) in [5, 5.41) is 0. The van der Waals surface area contributed by atoms with E-state index in [1.807, 2.05) is 0 Å². The van der Waals surface area contributed by atoms with Crippen molar-refractivity contribution in [2.24, 2.45) is 5.92 Å². The molecule has 1 rings (SSSR count). The van der Waals surface area contributed by atoms with Gasteiger partial charge < -0.3 is 0 Å². The molecular weight excluding hydrogens is 200 g/mol. The molecule has 0 radical (unpaired) electrons. The van der Waals surface area contributed by atoms with Gasteiger partial charge in [0.1, 0.15) is 0 Å². The van der Waals surface area contributed by atoms with E-state index in [2.05, 4.69) is 29.4 Å². The molecule has 0 bridgehead atoms.